The Kier molecular flexibility index (Phi) is 6.61. The van der Waals surface area contributed by atoms with Crippen molar-refractivity contribution in [3.8, 4) is 11.5 Å². The van der Waals surface area contributed by atoms with E-state index < -0.39 is 0 Å². The van der Waals surface area contributed by atoms with Crippen LogP contribution in [0.4, 0.5) is 0 Å². The number of likely N-dealkylation sites (tertiary alicyclic amines) is 1. The fourth-order valence-electron chi connectivity index (χ4n) is 2.73. The summed E-state index contributed by atoms with van der Waals surface area (Å²) in [4.78, 5) is 2.50. The molecule has 0 amide bonds. The minimum atomic E-state index is 0.668. The molecule has 0 aromatic heterocycles. The summed E-state index contributed by atoms with van der Waals surface area (Å²) < 4.78 is 11.4. The number of halogens is 1. The Morgan fingerprint density at radius 3 is 2.71 bits per heavy atom. The molecule has 0 spiro atoms. The van der Waals surface area contributed by atoms with Gasteiger partial charge in [0.2, 0.25) is 0 Å². The summed E-state index contributed by atoms with van der Waals surface area (Å²) in [5, 5.41) is 3.80. The molecule has 0 saturated carbocycles. The molecule has 4 nitrogen and oxygen atoms in total. The molecule has 0 unspecified atom stereocenters. The minimum absolute atomic E-state index is 0.668. The third-order valence-electron chi connectivity index (χ3n) is 3.75. The van der Waals surface area contributed by atoms with Crippen LogP contribution in [-0.2, 0) is 6.54 Å². The lowest BCUT2D eigenvalue weighted by molar-refractivity contribution is 0.252. The number of benzene rings is 1. The number of hydrogen-bond donors (Lipinski definition) is 1. The maximum atomic E-state index is 6.11. The number of rotatable bonds is 8. The first kappa shape index (κ1) is 16.4. The van der Waals surface area contributed by atoms with Gasteiger partial charge in [0, 0.05) is 29.7 Å². The third kappa shape index (κ3) is 4.77. The average Bonchev–Trinajstić information content (AvgIpc) is 2.98. The Bertz CT molecular complexity index is 448. The van der Waals surface area contributed by atoms with Gasteiger partial charge in [0.25, 0.3) is 0 Å². The lowest BCUT2D eigenvalue weighted by Gasteiger charge is -2.17. The predicted octanol–water partition coefficient (Wildman–Crippen LogP) is 2.93. The van der Waals surface area contributed by atoms with Crippen LogP contribution in [0.15, 0.2) is 12.1 Å². The average molecular weight is 313 g/mol. The van der Waals surface area contributed by atoms with Crippen molar-refractivity contribution in [1.82, 2.24) is 10.2 Å². The maximum Gasteiger partial charge on any atom is 0.165 e. The zero-order valence-corrected chi connectivity index (χ0v) is 13.7. The van der Waals surface area contributed by atoms with E-state index in [9.17, 15) is 0 Å². The highest BCUT2D eigenvalue weighted by Gasteiger charge is 2.14. The number of ether oxygens (including phenoxy) is 2. The smallest absolute Gasteiger partial charge is 0.165 e. The molecule has 1 aliphatic heterocycles. The fourth-order valence-corrected chi connectivity index (χ4v) is 2.96. The Morgan fingerprint density at radius 1 is 1.29 bits per heavy atom. The minimum Gasteiger partial charge on any atom is -0.493 e. The van der Waals surface area contributed by atoms with Crippen LogP contribution in [0.3, 0.4) is 0 Å². The van der Waals surface area contributed by atoms with Gasteiger partial charge in [-0.05, 0) is 45.5 Å². The normalized spacial score (nSPS) is 15.4. The van der Waals surface area contributed by atoms with Crippen molar-refractivity contribution in [1.29, 1.82) is 0 Å². The molecule has 0 radical (unpaired) electrons. The summed E-state index contributed by atoms with van der Waals surface area (Å²) in [7, 11) is 3.55. The van der Waals surface area contributed by atoms with Crippen molar-refractivity contribution in [3.05, 3.63) is 22.7 Å². The van der Waals surface area contributed by atoms with Gasteiger partial charge in [0.05, 0.1) is 13.7 Å². The van der Waals surface area contributed by atoms with Crippen LogP contribution >= 0.6 is 11.6 Å². The first-order valence-corrected chi connectivity index (χ1v) is 7.98. The van der Waals surface area contributed by atoms with E-state index in [1.165, 1.54) is 25.9 Å². The second-order valence-corrected chi connectivity index (χ2v) is 5.81. The Labute approximate surface area is 132 Å². The fraction of sp³-hybridized carbons (Fsp3) is 0.625. The summed E-state index contributed by atoms with van der Waals surface area (Å²) in [6, 6.07) is 3.73. The van der Waals surface area contributed by atoms with Crippen LogP contribution in [0, 0.1) is 0 Å². The molecule has 1 saturated heterocycles. The SMILES string of the molecule is CNCc1cc(Cl)cc(OC)c1OCCCN1CCCC1. The molecule has 0 bridgehead atoms. The molecule has 118 valence electrons. The molecule has 1 fully saturated rings. The van der Waals surface area contributed by atoms with E-state index in [4.69, 9.17) is 21.1 Å². The predicted molar refractivity (Wildman–Crippen MR) is 86.6 cm³/mol. The lowest BCUT2D eigenvalue weighted by atomic mass is 10.2. The van der Waals surface area contributed by atoms with E-state index in [1.54, 1.807) is 13.2 Å². The van der Waals surface area contributed by atoms with Crippen LogP contribution in [0.25, 0.3) is 0 Å². The Balaban J connectivity index is 1.93. The molecule has 1 N–H and O–H groups in total. The number of nitrogens with zero attached hydrogens (tertiary/aromatic N) is 1. The third-order valence-corrected chi connectivity index (χ3v) is 3.97. The zero-order valence-electron chi connectivity index (χ0n) is 13.0. The summed E-state index contributed by atoms with van der Waals surface area (Å²) >= 11 is 6.11. The van der Waals surface area contributed by atoms with Gasteiger partial charge < -0.3 is 19.7 Å². The van der Waals surface area contributed by atoms with Gasteiger partial charge in [-0.2, -0.15) is 0 Å². The molecule has 1 heterocycles. The topological polar surface area (TPSA) is 33.7 Å². The standard InChI is InChI=1S/C16H25ClN2O2/c1-18-12-13-10-14(17)11-15(20-2)16(13)21-9-5-8-19-6-3-4-7-19/h10-11,18H,3-9,12H2,1-2H3. The van der Waals surface area contributed by atoms with Crippen molar-refractivity contribution in [2.24, 2.45) is 0 Å². The van der Waals surface area contributed by atoms with Crippen LogP contribution < -0.4 is 14.8 Å². The van der Waals surface area contributed by atoms with Gasteiger partial charge in [-0.25, -0.2) is 0 Å². The quantitative estimate of drug-likeness (QED) is 0.748. The molecule has 5 heteroatoms. The van der Waals surface area contributed by atoms with E-state index in [-0.39, 0.29) is 0 Å². The summed E-state index contributed by atoms with van der Waals surface area (Å²) in [5.41, 5.74) is 1.03. The van der Waals surface area contributed by atoms with E-state index in [2.05, 4.69) is 10.2 Å². The molecule has 21 heavy (non-hydrogen) atoms. The van der Waals surface area contributed by atoms with Gasteiger partial charge in [-0.3, -0.25) is 0 Å². The monoisotopic (exact) mass is 312 g/mol. The maximum absolute atomic E-state index is 6.11. The summed E-state index contributed by atoms with van der Waals surface area (Å²) in [6.07, 6.45) is 3.70. The molecule has 0 atom stereocenters. The van der Waals surface area contributed by atoms with Gasteiger partial charge in [-0.1, -0.05) is 11.6 Å². The Hall–Kier alpha value is -0.970. The molecular formula is C16H25ClN2O2. The summed E-state index contributed by atoms with van der Waals surface area (Å²) in [5.74, 6) is 1.51. The molecule has 1 aliphatic rings. The first-order valence-electron chi connectivity index (χ1n) is 7.60. The molecule has 2 rings (SSSR count). The van der Waals surface area contributed by atoms with Crippen LogP contribution in [0.2, 0.25) is 5.02 Å². The van der Waals surface area contributed by atoms with Gasteiger partial charge in [-0.15, -0.1) is 0 Å². The molecular weight excluding hydrogens is 288 g/mol. The zero-order chi connectivity index (χ0) is 15.1. The number of nitrogens with one attached hydrogen (secondary N) is 1. The first-order chi connectivity index (χ1) is 10.2. The second-order valence-electron chi connectivity index (χ2n) is 5.38. The second kappa shape index (κ2) is 8.47. The van der Waals surface area contributed by atoms with Gasteiger partial charge in [0.15, 0.2) is 11.5 Å². The largest absolute Gasteiger partial charge is 0.493 e. The van der Waals surface area contributed by atoms with Crippen molar-refractivity contribution in [2.45, 2.75) is 25.8 Å². The molecule has 0 aliphatic carbocycles. The van der Waals surface area contributed by atoms with Crippen LogP contribution in [-0.4, -0.2) is 45.3 Å². The van der Waals surface area contributed by atoms with Crippen molar-refractivity contribution < 1.29 is 9.47 Å². The van der Waals surface area contributed by atoms with Gasteiger partial charge in [0.1, 0.15) is 0 Å². The van der Waals surface area contributed by atoms with E-state index >= 15 is 0 Å². The highest BCUT2D eigenvalue weighted by Crippen LogP contribution is 2.34. The summed E-state index contributed by atoms with van der Waals surface area (Å²) in [6.45, 7) is 4.98. The van der Waals surface area contributed by atoms with Crippen LogP contribution in [0.1, 0.15) is 24.8 Å². The van der Waals surface area contributed by atoms with Crippen molar-refractivity contribution in [3.63, 3.8) is 0 Å². The van der Waals surface area contributed by atoms with E-state index in [0.29, 0.717) is 23.9 Å². The van der Waals surface area contributed by atoms with Crippen LogP contribution in [0.5, 0.6) is 11.5 Å². The molecule has 1 aromatic rings. The van der Waals surface area contributed by atoms with E-state index in [1.807, 2.05) is 13.1 Å². The number of hydrogen-bond acceptors (Lipinski definition) is 4. The highest BCUT2D eigenvalue weighted by molar-refractivity contribution is 6.30. The Morgan fingerprint density at radius 2 is 2.05 bits per heavy atom. The number of methoxy groups -OCH3 is 1. The van der Waals surface area contributed by atoms with Crippen molar-refractivity contribution in [2.75, 3.05) is 40.4 Å². The van der Waals surface area contributed by atoms with E-state index in [0.717, 1.165) is 24.3 Å². The lowest BCUT2D eigenvalue weighted by Crippen LogP contribution is -2.22. The van der Waals surface area contributed by atoms with Crippen molar-refractivity contribution >= 4 is 11.6 Å². The molecule has 1 aromatic carbocycles. The highest BCUT2D eigenvalue weighted by atomic mass is 35.5. The van der Waals surface area contributed by atoms with Gasteiger partial charge >= 0.3 is 0 Å².